The highest BCUT2D eigenvalue weighted by atomic mass is 79.9. The van der Waals surface area contributed by atoms with Crippen LogP contribution in [0.3, 0.4) is 0 Å². The minimum absolute atomic E-state index is 0.790. The van der Waals surface area contributed by atoms with Crippen LogP contribution in [-0.4, -0.2) is 14.8 Å². The van der Waals surface area contributed by atoms with Gasteiger partial charge in [-0.2, -0.15) is 5.10 Å². The van der Waals surface area contributed by atoms with Gasteiger partial charge < -0.3 is 0 Å². The van der Waals surface area contributed by atoms with Crippen LogP contribution in [0.1, 0.15) is 17.2 Å². The van der Waals surface area contributed by atoms with E-state index in [-0.39, 0.29) is 0 Å². The maximum atomic E-state index is 4.39. The minimum Gasteiger partial charge on any atom is -0.218 e. The molecule has 3 nitrogen and oxygen atoms in total. The first-order valence-electron chi connectivity index (χ1n) is 4.87. The molecule has 0 amide bonds. The second-order valence-corrected chi connectivity index (χ2v) is 5.00. The molecule has 0 bridgehead atoms. The standard InChI is InChI=1S/C11H11Br2N3/c1-7-14-8(2)16(15-7)11-5-10(13)4-3-9(11)6-12/h3-5H,6H2,1-2H3. The molecule has 0 aliphatic rings. The molecule has 5 heteroatoms. The van der Waals surface area contributed by atoms with Crippen molar-refractivity contribution in [1.82, 2.24) is 14.8 Å². The first-order valence-corrected chi connectivity index (χ1v) is 6.78. The van der Waals surface area contributed by atoms with E-state index in [1.165, 1.54) is 5.56 Å². The number of rotatable bonds is 2. The van der Waals surface area contributed by atoms with Gasteiger partial charge in [-0.1, -0.05) is 37.9 Å². The van der Waals surface area contributed by atoms with Gasteiger partial charge in [0.25, 0.3) is 0 Å². The second-order valence-electron chi connectivity index (χ2n) is 3.52. The summed E-state index contributed by atoms with van der Waals surface area (Å²) in [7, 11) is 0. The van der Waals surface area contributed by atoms with Crippen LogP contribution < -0.4 is 0 Å². The maximum absolute atomic E-state index is 4.39. The molecule has 0 aliphatic carbocycles. The van der Waals surface area contributed by atoms with Crippen molar-refractivity contribution in [2.45, 2.75) is 19.2 Å². The Morgan fingerprint density at radius 1 is 1.31 bits per heavy atom. The lowest BCUT2D eigenvalue weighted by Crippen LogP contribution is -2.02. The Balaban J connectivity index is 2.62. The molecule has 2 rings (SSSR count). The Morgan fingerprint density at radius 3 is 2.62 bits per heavy atom. The third-order valence-corrected chi connectivity index (χ3v) is 3.39. The van der Waals surface area contributed by atoms with E-state index in [2.05, 4.69) is 54.1 Å². The quantitative estimate of drug-likeness (QED) is 0.780. The SMILES string of the molecule is Cc1nc(C)n(-c2cc(Br)ccc2CBr)n1. The molecule has 1 aromatic heterocycles. The zero-order valence-corrected chi connectivity index (χ0v) is 12.2. The average molecular weight is 345 g/mol. The second kappa shape index (κ2) is 4.67. The van der Waals surface area contributed by atoms with Crippen LogP contribution in [0.25, 0.3) is 5.69 Å². The van der Waals surface area contributed by atoms with Crippen molar-refractivity contribution in [3.05, 3.63) is 39.9 Å². The molecule has 0 radical (unpaired) electrons. The summed E-state index contributed by atoms with van der Waals surface area (Å²) in [6.07, 6.45) is 0. The number of aromatic nitrogens is 3. The van der Waals surface area contributed by atoms with E-state index in [4.69, 9.17) is 0 Å². The lowest BCUT2D eigenvalue weighted by molar-refractivity contribution is 0.823. The van der Waals surface area contributed by atoms with E-state index in [9.17, 15) is 0 Å². The van der Waals surface area contributed by atoms with Crippen molar-refractivity contribution in [3.63, 3.8) is 0 Å². The van der Waals surface area contributed by atoms with E-state index < -0.39 is 0 Å². The van der Waals surface area contributed by atoms with Gasteiger partial charge in [0.2, 0.25) is 0 Å². The van der Waals surface area contributed by atoms with Crippen LogP contribution in [0.2, 0.25) is 0 Å². The Hall–Kier alpha value is -0.680. The molecule has 2 aromatic rings. The average Bonchev–Trinajstić information content (AvgIpc) is 2.57. The fourth-order valence-electron chi connectivity index (χ4n) is 1.60. The van der Waals surface area contributed by atoms with Crippen LogP contribution in [0.5, 0.6) is 0 Å². The summed E-state index contributed by atoms with van der Waals surface area (Å²) in [4.78, 5) is 4.31. The Morgan fingerprint density at radius 2 is 2.06 bits per heavy atom. The molecular weight excluding hydrogens is 334 g/mol. The molecule has 84 valence electrons. The van der Waals surface area contributed by atoms with E-state index in [0.717, 1.165) is 27.1 Å². The molecule has 0 spiro atoms. The fourth-order valence-corrected chi connectivity index (χ4v) is 2.42. The highest BCUT2D eigenvalue weighted by molar-refractivity contribution is 9.10. The third-order valence-electron chi connectivity index (χ3n) is 2.29. The van der Waals surface area contributed by atoms with Gasteiger partial charge in [-0.05, 0) is 31.5 Å². The largest absolute Gasteiger partial charge is 0.218 e. The van der Waals surface area contributed by atoms with Gasteiger partial charge in [-0.15, -0.1) is 0 Å². The summed E-state index contributed by atoms with van der Waals surface area (Å²) < 4.78 is 2.91. The summed E-state index contributed by atoms with van der Waals surface area (Å²) in [5.74, 6) is 1.69. The molecule has 0 aliphatic heterocycles. The molecule has 16 heavy (non-hydrogen) atoms. The van der Waals surface area contributed by atoms with Crippen LogP contribution in [0.15, 0.2) is 22.7 Å². The van der Waals surface area contributed by atoms with E-state index in [1.54, 1.807) is 0 Å². The fraction of sp³-hybridized carbons (Fsp3) is 0.273. The summed E-state index contributed by atoms with van der Waals surface area (Å²) in [6, 6.07) is 6.15. The zero-order chi connectivity index (χ0) is 11.7. The highest BCUT2D eigenvalue weighted by Gasteiger charge is 2.09. The molecular formula is C11H11Br2N3. The predicted molar refractivity (Wildman–Crippen MR) is 71.2 cm³/mol. The van der Waals surface area contributed by atoms with Gasteiger partial charge in [0, 0.05) is 9.80 Å². The smallest absolute Gasteiger partial charge is 0.148 e. The molecule has 1 aromatic carbocycles. The lowest BCUT2D eigenvalue weighted by atomic mass is 10.2. The van der Waals surface area contributed by atoms with Gasteiger partial charge >= 0.3 is 0 Å². The predicted octanol–water partition coefficient (Wildman–Crippen LogP) is 3.54. The van der Waals surface area contributed by atoms with Crippen LogP contribution in [-0.2, 0) is 5.33 Å². The molecule has 0 unspecified atom stereocenters. The summed E-state index contributed by atoms with van der Waals surface area (Å²) in [6.45, 7) is 3.86. The van der Waals surface area contributed by atoms with Gasteiger partial charge in [0.15, 0.2) is 0 Å². The Labute approximate surface area is 111 Å². The third kappa shape index (κ3) is 2.20. The summed E-state index contributed by atoms with van der Waals surface area (Å²) in [5, 5.41) is 5.19. The van der Waals surface area contributed by atoms with E-state index >= 15 is 0 Å². The number of nitrogens with zero attached hydrogens (tertiary/aromatic N) is 3. The number of benzene rings is 1. The number of aryl methyl sites for hydroxylation is 2. The first kappa shape index (κ1) is 11.8. The zero-order valence-electron chi connectivity index (χ0n) is 9.04. The van der Waals surface area contributed by atoms with Gasteiger partial charge in [-0.25, -0.2) is 9.67 Å². The van der Waals surface area contributed by atoms with E-state index in [0.29, 0.717) is 0 Å². The van der Waals surface area contributed by atoms with Crippen molar-refractivity contribution in [1.29, 1.82) is 0 Å². The molecule has 1 heterocycles. The van der Waals surface area contributed by atoms with Crippen molar-refractivity contribution in [2.75, 3.05) is 0 Å². The topological polar surface area (TPSA) is 30.7 Å². The monoisotopic (exact) mass is 343 g/mol. The lowest BCUT2D eigenvalue weighted by Gasteiger charge is -2.08. The van der Waals surface area contributed by atoms with Gasteiger partial charge in [0.05, 0.1) is 5.69 Å². The summed E-state index contributed by atoms with van der Waals surface area (Å²) >= 11 is 6.96. The van der Waals surface area contributed by atoms with Crippen LogP contribution in [0.4, 0.5) is 0 Å². The number of hydrogen-bond donors (Lipinski definition) is 0. The number of alkyl halides is 1. The molecule has 0 saturated carbocycles. The number of halogens is 2. The summed E-state index contributed by atoms with van der Waals surface area (Å²) in [5.41, 5.74) is 2.25. The number of hydrogen-bond acceptors (Lipinski definition) is 2. The van der Waals surface area contributed by atoms with Crippen molar-refractivity contribution >= 4 is 31.9 Å². The molecule has 0 atom stereocenters. The Kier molecular flexibility index (Phi) is 3.44. The molecule has 0 fully saturated rings. The van der Waals surface area contributed by atoms with Crippen molar-refractivity contribution in [3.8, 4) is 5.69 Å². The van der Waals surface area contributed by atoms with Crippen LogP contribution in [0, 0.1) is 13.8 Å². The van der Waals surface area contributed by atoms with Gasteiger partial charge in [0.1, 0.15) is 11.6 Å². The normalized spacial score (nSPS) is 10.8. The molecule has 0 N–H and O–H groups in total. The van der Waals surface area contributed by atoms with E-state index in [1.807, 2.05) is 24.6 Å². The van der Waals surface area contributed by atoms with Crippen molar-refractivity contribution < 1.29 is 0 Å². The first-order chi connectivity index (χ1) is 7.61. The van der Waals surface area contributed by atoms with Crippen molar-refractivity contribution in [2.24, 2.45) is 0 Å². The maximum Gasteiger partial charge on any atom is 0.148 e. The minimum atomic E-state index is 0.790. The molecule has 0 saturated heterocycles. The highest BCUT2D eigenvalue weighted by Crippen LogP contribution is 2.22. The van der Waals surface area contributed by atoms with Crippen LogP contribution >= 0.6 is 31.9 Å². The Bertz CT molecular complexity index is 520. The van der Waals surface area contributed by atoms with Gasteiger partial charge in [-0.3, -0.25) is 0 Å².